The van der Waals surface area contributed by atoms with Gasteiger partial charge in [-0.25, -0.2) is 0 Å². The van der Waals surface area contributed by atoms with Gasteiger partial charge < -0.3 is 10.6 Å². The van der Waals surface area contributed by atoms with Crippen molar-refractivity contribution in [1.82, 2.24) is 10.6 Å². The minimum absolute atomic E-state index is 0.0112. The minimum Gasteiger partial charge on any atom is -0.350 e. The van der Waals surface area contributed by atoms with Crippen molar-refractivity contribution in [2.75, 3.05) is 12.8 Å². The Kier molecular flexibility index (Phi) is 6.07. The van der Waals surface area contributed by atoms with Crippen molar-refractivity contribution in [3.05, 3.63) is 35.4 Å². The van der Waals surface area contributed by atoms with Gasteiger partial charge in [0.2, 0.25) is 5.91 Å². The van der Waals surface area contributed by atoms with E-state index in [1.54, 1.807) is 23.9 Å². The Hall–Kier alpha value is -1.49. The van der Waals surface area contributed by atoms with Crippen molar-refractivity contribution < 1.29 is 9.59 Å². The van der Waals surface area contributed by atoms with Crippen molar-refractivity contribution >= 4 is 23.6 Å². The summed E-state index contributed by atoms with van der Waals surface area (Å²) in [6, 6.07) is 7.42. The van der Waals surface area contributed by atoms with Crippen molar-refractivity contribution in [3.8, 4) is 0 Å². The van der Waals surface area contributed by atoms with E-state index in [9.17, 15) is 9.59 Å². The van der Waals surface area contributed by atoms with Crippen molar-refractivity contribution in [2.45, 2.75) is 32.1 Å². The average molecular weight is 294 g/mol. The smallest absolute Gasteiger partial charge is 0.251 e. The molecule has 0 aromatic heterocycles. The molecule has 0 aliphatic rings. The summed E-state index contributed by atoms with van der Waals surface area (Å²) >= 11 is 1.73. The zero-order chi connectivity index (χ0) is 15.2. The van der Waals surface area contributed by atoms with Crippen LogP contribution in [0, 0.1) is 0 Å². The molecule has 0 fully saturated rings. The van der Waals surface area contributed by atoms with Gasteiger partial charge in [0.25, 0.3) is 5.91 Å². The van der Waals surface area contributed by atoms with Crippen LogP contribution in [-0.4, -0.2) is 30.2 Å². The second kappa shape index (κ2) is 7.33. The maximum Gasteiger partial charge on any atom is 0.251 e. The molecular weight excluding hydrogens is 272 g/mol. The highest BCUT2D eigenvalue weighted by atomic mass is 32.2. The number of hydrogen-bond acceptors (Lipinski definition) is 3. The van der Waals surface area contributed by atoms with Crippen LogP contribution in [0.5, 0.6) is 0 Å². The lowest BCUT2D eigenvalue weighted by atomic mass is 10.1. The van der Waals surface area contributed by atoms with Gasteiger partial charge in [0.1, 0.15) is 0 Å². The lowest BCUT2D eigenvalue weighted by Crippen LogP contribution is -2.45. The van der Waals surface area contributed by atoms with Gasteiger partial charge in [0.15, 0.2) is 0 Å². The van der Waals surface area contributed by atoms with E-state index in [4.69, 9.17) is 0 Å². The number of thioether (sulfide) groups is 1. The molecular formula is C15H22N2O2S. The molecule has 110 valence electrons. The quantitative estimate of drug-likeness (QED) is 0.875. The number of rotatable bonds is 5. The highest BCUT2D eigenvalue weighted by Gasteiger charge is 2.14. The van der Waals surface area contributed by atoms with Crippen molar-refractivity contribution in [3.63, 3.8) is 0 Å². The first-order valence-corrected chi connectivity index (χ1v) is 7.88. The molecule has 0 saturated heterocycles. The first-order chi connectivity index (χ1) is 9.31. The molecule has 5 heteroatoms. The summed E-state index contributed by atoms with van der Waals surface area (Å²) in [7, 11) is 0. The summed E-state index contributed by atoms with van der Waals surface area (Å²) < 4.78 is 0. The normalized spacial score (nSPS) is 11.0. The van der Waals surface area contributed by atoms with Gasteiger partial charge in [-0.05, 0) is 44.7 Å². The van der Waals surface area contributed by atoms with Crippen molar-refractivity contribution in [1.29, 1.82) is 0 Å². The van der Waals surface area contributed by atoms with Crippen LogP contribution in [0.3, 0.4) is 0 Å². The maximum atomic E-state index is 11.9. The topological polar surface area (TPSA) is 58.2 Å². The van der Waals surface area contributed by atoms with E-state index < -0.39 is 0 Å². The Morgan fingerprint density at radius 2 is 1.75 bits per heavy atom. The van der Waals surface area contributed by atoms with Gasteiger partial charge in [-0.2, -0.15) is 11.8 Å². The van der Waals surface area contributed by atoms with Gasteiger partial charge in [0, 0.05) is 16.9 Å². The van der Waals surface area contributed by atoms with E-state index in [0.717, 1.165) is 5.75 Å². The van der Waals surface area contributed by atoms with E-state index in [0.29, 0.717) is 5.56 Å². The zero-order valence-electron chi connectivity index (χ0n) is 12.4. The second-order valence-corrected chi connectivity index (χ2v) is 6.48. The zero-order valence-corrected chi connectivity index (χ0v) is 13.3. The molecule has 0 saturated carbocycles. The van der Waals surface area contributed by atoms with Crippen LogP contribution in [0.2, 0.25) is 0 Å². The molecule has 0 heterocycles. The highest BCUT2D eigenvalue weighted by Crippen LogP contribution is 2.10. The third-order valence-corrected chi connectivity index (χ3v) is 3.07. The van der Waals surface area contributed by atoms with Crippen LogP contribution in [0.4, 0.5) is 0 Å². The summed E-state index contributed by atoms with van der Waals surface area (Å²) in [4.78, 5) is 23.5. The molecule has 0 unspecified atom stereocenters. The number of amides is 2. The standard InChI is InChI=1S/C15H22N2O2S/c1-15(2,3)17-13(18)9-16-14(19)12-7-5-11(6-8-12)10-20-4/h5-8H,9-10H2,1-4H3,(H,16,19)(H,17,18). The molecule has 0 spiro atoms. The molecule has 0 atom stereocenters. The number of carbonyl (C=O) groups is 2. The fourth-order valence-electron chi connectivity index (χ4n) is 1.64. The molecule has 1 aromatic carbocycles. The second-order valence-electron chi connectivity index (χ2n) is 5.61. The number of benzene rings is 1. The first-order valence-electron chi connectivity index (χ1n) is 6.49. The van der Waals surface area contributed by atoms with Crippen LogP contribution in [0.15, 0.2) is 24.3 Å². The Morgan fingerprint density at radius 1 is 1.15 bits per heavy atom. The largest absolute Gasteiger partial charge is 0.350 e. The van der Waals surface area contributed by atoms with Crippen molar-refractivity contribution in [2.24, 2.45) is 0 Å². The molecule has 1 rings (SSSR count). The number of carbonyl (C=O) groups excluding carboxylic acids is 2. The summed E-state index contributed by atoms with van der Waals surface area (Å²) in [6.45, 7) is 5.69. The predicted molar refractivity (Wildman–Crippen MR) is 83.9 cm³/mol. The molecule has 1 aromatic rings. The molecule has 0 bridgehead atoms. The monoisotopic (exact) mass is 294 g/mol. The molecule has 4 nitrogen and oxygen atoms in total. The Balaban J connectivity index is 2.48. The van der Waals surface area contributed by atoms with Gasteiger partial charge in [0.05, 0.1) is 6.54 Å². The van der Waals surface area contributed by atoms with Crippen LogP contribution in [-0.2, 0) is 10.5 Å². The van der Waals surface area contributed by atoms with E-state index in [1.165, 1.54) is 5.56 Å². The SMILES string of the molecule is CSCc1ccc(C(=O)NCC(=O)NC(C)(C)C)cc1. The van der Waals surface area contributed by atoms with E-state index in [2.05, 4.69) is 10.6 Å². The maximum absolute atomic E-state index is 11.9. The lowest BCUT2D eigenvalue weighted by molar-refractivity contribution is -0.121. The van der Waals surface area contributed by atoms with Crippen LogP contribution < -0.4 is 10.6 Å². The van der Waals surface area contributed by atoms with Gasteiger partial charge in [-0.15, -0.1) is 0 Å². The molecule has 20 heavy (non-hydrogen) atoms. The fourth-order valence-corrected chi connectivity index (χ4v) is 2.17. The summed E-state index contributed by atoms with van der Waals surface area (Å²) in [5, 5.41) is 5.41. The Morgan fingerprint density at radius 3 is 2.25 bits per heavy atom. The predicted octanol–water partition coefficient (Wildman–Crippen LogP) is 2.19. The molecule has 0 aliphatic carbocycles. The molecule has 2 amide bonds. The van der Waals surface area contributed by atoms with Crippen LogP contribution >= 0.6 is 11.8 Å². The lowest BCUT2D eigenvalue weighted by Gasteiger charge is -2.20. The minimum atomic E-state index is -0.290. The molecule has 0 radical (unpaired) electrons. The van der Waals surface area contributed by atoms with Gasteiger partial charge >= 0.3 is 0 Å². The van der Waals surface area contributed by atoms with E-state index in [-0.39, 0.29) is 23.9 Å². The van der Waals surface area contributed by atoms with E-state index in [1.807, 2.05) is 39.2 Å². The average Bonchev–Trinajstić information content (AvgIpc) is 2.35. The van der Waals surface area contributed by atoms with Gasteiger partial charge in [-0.3, -0.25) is 9.59 Å². The Bertz CT molecular complexity index is 464. The fraction of sp³-hybridized carbons (Fsp3) is 0.467. The number of nitrogens with one attached hydrogen (secondary N) is 2. The third kappa shape index (κ3) is 6.10. The summed E-state index contributed by atoms with van der Waals surface area (Å²) in [5.74, 6) is 0.505. The molecule has 0 aliphatic heterocycles. The van der Waals surface area contributed by atoms with Crippen LogP contribution in [0.1, 0.15) is 36.7 Å². The Labute approximate surface area is 124 Å². The summed E-state index contributed by atoms with van der Waals surface area (Å²) in [6.07, 6.45) is 2.04. The number of hydrogen-bond donors (Lipinski definition) is 2. The van der Waals surface area contributed by atoms with Crippen LogP contribution in [0.25, 0.3) is 0 Å². The first kappa shape index (κ1) is 16.6. The highest BCUT2D eigenvalue weighted by molar-refractivity contribution is 7.97. The molecule has 2 N–H and O–H groups in total. The summed E-state index contributed by atoms with van der Waals surface area (Å²) in [5.41, 5.74) is 1.46. The van der Waals surface area contributed by atoms with E-state index >= 15 is 0 Å². The third-order valence-electron chi connectivity index (χ3n) is 2.45. The van der Waals surface area contributed by atoms with Gasteiger partial charge in [-0.1, -0.05) is 12.1 Å².